The molecule has 0 rings (SSSR count). The molecule has 53 valence electrons. The lowest BCUT2D eigenvalue weighted by Gasteiger charge is -1.96. The van der Waals surface area contributed by atoms with E-state index >= 15 is 0 Å². The summed E-state index contributed by atoms with van der Waals surface area (Å²) in [6.07, 6.45) is 0. The van der Waals surface area contributed by atoms with Gasteiger partial charge in [-0.25, -0.2) is 0 Å². The maximum Gasteiger partial charge on any atom is 0.185 e. The van der Waals surface area contributed by atoms with Crippen LogP contribution in [0.5, 0.6) is 0 Å². The number of ether oxygens (including phenoxy) is 1. The molecule has 0 aromatic rings. The van der Waals surface area contributed by atoms with Crippen molar-refractivity contribution in [1.82, 2.24) is 0 Å². The van der Waals surface area contributed by atoms with E-state index in [4.69, 9.17) is 4.74 Å². The zero-order valence-electron chi connectivity index (χ0n) is 5.55. The monoisotopic (exact) mass is 147 g/mol. The molecule has 0 amide bonds. The Balaban J connectivity index is 2.83. The molecular weight excluding hydrogens is 136 g/mol. The number of thioether (sulfide) groups is 1. The van der Waals surface area contributed by atoms with Crippen LogP contribution < -0.4 is 0 Å². The maximum absolute atomic E-state index is 10.3. The lowest BCUT2D eigenvalue weighted by molar-refractivity contribution is -0.109. The van der Waals surface area contributed by atoms with E-state index in [0.717, 1.165) is 5.75 Å². The molecule has 0 bridgehead atoms. The van der Waals surface area contributed by atoms with Gasteiger partial charge < -0.3 is 4.74 Å². The first-order chi connectivity index (χ1) is 4.27. The van der Waals surface area contributed by atoms with Crippen molar-refractivity contribution in [2.45, 2.75) is 6.92 Å². The van der Waals surface area contributed by atoms with Crippen molar-refractivity contribution in [3.63, 3.8) is 0 Å². The molecule has 0 atom stereocenters. The van der Waals surface area contributed by atoms with Crippen molar-refractivity contribution < 1.29 is 9.53 Å². The van der Waals surface area contributed by atoms with Gasteiger partial charge in [-0.05, 0) is 6.92 Å². The summed E-state index contributed by atoms with van der Waals surface area (Å²) < 4.78 is 4.90. The SMILES string of the molecule is [CH2]COCCSC(C)=O. The Labute approximate surface area is 60.0 Å². The molecule has 3 heteroatoms. The topological polar surface area (TPSA) is 26.3 Å². The van der Waals surface area contributed by atoms with Gasteiger partial charge in [0.2, 0.25) is 0 Å². The summed E-state index contributed by atoms with van der Waals surface area (Å²) in [4.78, 5) is 10.3. The van der Waals surface area contributed by atoms with Crippen LogP contribution in [-0.2, 0) is 9.53 Å². The predicted octanol–water partition coefficient (Wildman–Crippen LogP) is 1.12. The fraction of sp³-hybridized carbons (Fsp3) is 0.667. The molecule has 0 fully saturated rings. The summed E-state index contributed by atoms with van der Waals surface area (Å²) >= 11 is 1.28. The van der Waals surface area contributed by atoms with Crippen LogP contribution in [0.25, 0.3) is 0 Å². The molecule has 9 heavy (non-hydrogen) atoms. The highest BCUT2D eigenvalue weighted by Crippen LogP contribution is 1.99. The van der Waals surface area contributed by atoms with Crippen molar-refractivity contribution in [3.8, 4) is 0 Å². The largest absolute Gasteiger partial charge is 0.381 e. The minimum absolute atomic E-state index is 0.141. The summed E-state index contributed by atoms with van der Waals surface area (Å²) in [6, 6.07) is 0. The molecule has 0 heterocycles. The Morgan fingerprint density at radius 2 is 2.44 bits per heavy atom. The average molecular weight is 147 g/mol. The fourth-order valence-electron chi connectivity index (χ4n) is 0.346. The van der Waals surface area contributed by atoms with Gasteiger partial charge in [0, 0.05) is 19.3 Å². The van der Waals surface area contributed by atoms with E-state index in [9.17, 15) is 4.79 Å². The van der Waals surface area contributed by atoms with E-state index < -0.39 is 0 Å². The Kier molecular flexibility index (Phi) is 6.09. The second-order valence-electron chi connectivity index (χ2n) is 1.45. The maximum atomic E-state index is 10.3. The molecule has 0 aromatic carbocycles. The highest BCUT2D eigenvalue weighted by atomic mass is 32.2. The minimum atomic E-state index is 0.141. The third-order valence-corrected chi connectivity index (χ3v) is 1.45. The van der Waals surface area contributed by atoms with Crippen molar-refractivity contribution in [3.05, 3.63) is 6.92 Å². The predicted molar refractivity (Wildman–Crippen MR) is 39.3 cm³/mol. The zero-order valence-corrected chi connectivity index (χ0v) is 6.37. The molecule has 0 aliphatic heterocycles. The van der Waals surface area contributed by atoms with Gasteiger partial charge >= 0.3 is 0 Å². The number of hydrogen-bond acceptors (Lipinski definition) is 3. The average Bonchev–Trinajstić information content (AvgIpc) is 1.80. The summed E-state index contributed by atoms with van der Waals surface area (Å²) in [6.45, 7) is 6.14. The Morgan fingerprint density at radius 1 is 1.78 bits per heavy atom. The van der Waals surface area contributed by atoms with E-state index in [1.807, 2.05) is 0 Å². The third-order valence-electron chi connectivity index (χ3n) is 0.677. The first kappa shape index (κ1) is 8.98. The van der Waals surface area contributed by atoms with Crippen LogP contribution in [-0.4, -0.2) is 24.1 Å². The molecule has 1 radical (unpaired) electrons. The molecule has 0 N–H and O–H groups in total. The summed E-state index contributed by atoms with van der Waals surface area (Å²) in [7, 11) is 0. The lowest BCUT2D eigenvalue weighted by atomic mass is 10.8. The Hall–Kier alpha value is -0.0200. The smallest absolute Gasteiger partial charge is 0.185 e. The van der Waals surface area contributed by atoms with Crippen LogP contribution in [0.2, 0.25) is 0 Å². The van der Waals surface area contributed by atoms with Gasteiger partial charge in [0.1, 0.15) is 0 Å². The van der Waals surface area contributed by atoms with Crippen LogP contribution in [0.3, 0.4) is 0 Å². The summed E-state index contributed by atoms with van der Waals surface area (Å²) in [5, 5.41) is 0.141. The minimum Gasteiger partial charge on any atom is -0.381 e. The molecule has 0 unspecified atom stereocenters. The Morgan fingerprint density at radius 3 is 2.89 bits per heavy atom. The van der Waals surface area contributed by atoms with Crippen LogP contribution in [0.4, 0.5) is 0 Å². The number of carbonyl (C=O) groups is 1. The van der Waals surface area contributed by atoms with Crippen LogP contribution in [0.15, 0.2) is 0 Å². The zero-order chi connectivity index (χ0) is 7.11. The van der Waals surface area contributed by atoms with Gasteiger partial charge in [0.05, 0.1) is 6.61 Å². The van der Waals surface area contributed by atoms with Crippen molar-refractivity contribution in [2.75, 3.05) is 19.0 Å². The summed E-state index contributed by atoms with van der Waals surface area (Å²) in [5.74, 6) is 0.741. The van der Waals surface area contributed by atoms with Gasteiger partial charge in [-0.1, -0.05) is 11.8 Å². The fourth-order valence-corrected chi connectivity index (χ4v) is 0.835. The first-order valence-corrected chi connectivity index (χ1v) is 3.76. The highest BCUT2D eigenvalue weighted by Gasteiger charge is 1.91. The van der Waals surface area contributed by atoms with E-state index in [1.165, 1.54) is 11.8 Å². The molecule has 2 nitrogen and oxygen atoms in total. The van der Waals surface area contributed by atoms with Gasteiger partial charge in [-0.2, -0.15) is 0 Å². The molecule has 0 saturated heterocycles. The van der Waals surface area contributed by atoms with Crippen molar-refractivity contribution in [2.24, 2.45) is 0 Å². The first-order valence-electron chi connectivity index (χ1n) is 2.77. The van der Waals surface area contributed by atoms with E-state index in [2.05, 4.69) is 6.92 Å². The van der Waals surface area contributed by atoms with Crippen LogP contribution in [0, 0.1) is 6.92 Å². The van der Waals surface area contributed by atoms with Gasteiger partial charge in [-0.15, -0.1) is 0 Å². The van der Waals surface area contributed by atoms with Crippen molar-refractivity contribution in [1.29, 1.82) is 0 Å². The molecule has 0 saturated carbocycles. The third kappa shape index (κ3) is 7.98. The van der Waals surface area contributed by atoms with Crippen LogP contribution >= 0.6 is 11.8 Å². The van der Waals surface area contributed by atoms with Crippen LogP contribution in [0.1, 0.15) is 6.92 Å². The standard InChI is InChI=1S/C6H11O2S/c1-3-8-4-5-9-6(2)7/h1,3-5H2,2H3. The molecule has 0 aliphatic carbocycles. The van der Waals surface area contributed by atoms with Gasteiger partial charge in [-0.3, -0.25) is 4.79 Å². The van der Waals surface area contributed by atoms with Gasteiger partial charge in [0.25, 0.3) is 0 Å². The second-order valence-corrected chi connectivity index (χ2v) is 2.72. The Bertz CT molecular complexity index is 83.1. The molecule has 0 spiro atoms. The summed E-state index contributed by atoms with van der Waals surface area (Å²) in [5.41, 5.74) is 0. The molecule has 0 aliphatic rings. The second kappa shape index (κ2) is 6.11. The van der Waals surface area contributed by atoms with E-state index in [1.54, 1.807) is 6.92 Å². The van der Waals surface area contributed by atoms with E-state index in [-0.39, 0.29) is 5.12 Å². The number of carbonyl (C=O) groups excluding carboxylic acids is 1. The van der Waals surface area contributed by atoms with Gasteiger partial charge in [0.15, 0.2) is 5.12 Å². The molecule has 0 aromatic heterocycles. The molecular formula is C6H11O2S. The number of rotatable bonds is 4. The van der Waals surface area contributed by atoms with E-state index in [0.29, 0.717) is 13.2 Å². The highest BCUT2D eigenvalue weighted by molar-refractivity contribution is 8.13. The lowest BCUT2D eigenvalue weighted by Crippen LogP contribution is -1.97. The quantitative estimate of drug-likeness (QED) is 0.557. The normalized spacial score (nSPS) is 9.56. The number of hydrogen-bond donors (Lipinski definition) is 0. The van der Waals surface area contributed by atoms with Crippen molar-refractivity contribution >= 4 is 16.9 Å².